The molecule has 1 N–H and O–H groups in total. The fourth-order valence-corrected chi connectivity index (χ4v) is 1.96. The van der Waals surface area contributed by atoms with Crippen molar-refractivity contribution in [2.75, 3.05) is 0 Å². The van der Waals surface area contributed by atoms with Crippen molar-refractivity contribution in [3.63, 3.8) is 0 Å². The maximum Gasteiger partial charge on any atom is 0.307 e. The summed E-state index contributed by atoms with van der Waals surface area (Å²) in [4.78, 5) is 32.4. The normalized spacial score (nSPS) is 10.6. The highest BCUT2D eigenvalue weighted by Crippen LogP contribution is 2.26. The number of aliphatic carboxylic acids is 1. The zero-order valence-electron chi connectivity index (χ0n) is 9.99. The van der Waals surface area contributed by atoms with Crippen LogP contribution in [0.5, 0.6) is 0 Å². The minimum absolute atomic E-state index is 0.138. The van der Waals surface area contributed by atoms with Crippen LogP contribution in [0.25, 0.3) is 10.9 Å². The van der Waals surface area contributed by atoms with Crippen LogP contribution in [0.3, 0.4) is 0 Å². The molecule has 7 nitrogen and oxygen atoms in total. The molecule has 2 rings (SSSR count). The molecule has 0 aliphatic heterocycles. The SMILES string of the molecule is CC(=O)n1cc(CC(=O)O)c2cc([N+](=O)[O-])ccc21. The van der Waals surface area contributed by atoms with Gasteiger partial charge in [-0.15, -0.1) is 0 Å². The van der Waals surface area contributed by atoms with Gasteiger partial charge in [-0.1, -0.05) is 0 Å². The number of nitrogens with zero attached hydrogens (tertiary/aromatic N) is 2. The molecular weight excluding hydrogens is 252 g/mol. The van der Waals surface area contributed by atoms with Gasteiger partial charge in [0.05, 0.1) is 16.9 Å². The monoisotopic (exact) mass is 262 g/mol. The summed E-state index contributed by atoms with van der Waals surface area (Å²) >= 11 is 0. The third-order valence-electron chi connectivity index (χ3n) is 2.76. The molecule has 0 fully saturated rings. The topological polar surface area (TPSA) is 102 Å². The highest BCUT2D eigenvalue weighted by Gasteiger charge is 2.16. The number of nitro benzene ring substituents is 1. The van der Waals surface area contributed by atoms with Crippen molar-refractivity contribution >= 4 is 28.5 Å². The van der Waals surface area contributed by atoms with Crippen molar-refractivity contribution in [1.29, 1.82) is 0 Å². The Balaban J connectivity index is 2.72. The van der Waals surface area contributed by atoms with Crippen molar-refractivity contribution in [3.05, 3.63) is 40.1 Å². The molecule has 0 spiro atoms. The highest BCUT2D eigenvalue weighted by atomic mass is 16.6. The van der Waals surface area contributed by atoms with Crippen molar-refractivity contribution in [3.8, 4) is 0 Å². The van der Waals surface area contributed by atoms with Crippen LogP contribution in [0.4, 0.5) is 5.69 Å². The summed E-state index contributed by atoms with van der Waals surface area (Å²) in [6.45, 7) is 1.34. The minimum Gasteiger partial charge on any atom is -0.481 e. The van der Waals surface area contributed by atoms with Crippen LogP contribution < -0.4 is 0 Å². The molecular formula is C12H10N2O5. The molecule has 0 saturated carbocycles. The molecule has 1 heterocycles. The van der Waals surface area contributed by atoms with E-state index in [9.17, 15) is 19.7 Å². The van der Waals surface area contributed by atoms with Crippen LogP contribution in [0.2, 0.25) is 0 Å². The molecule has 19 heavy (non-hydrogen) atoms. The van der Waals surface area contributed by atoms with Crippen molar-refractivity contribution < 1.29 is 19.6 Å². The summed E-state index contributed by atoms with van der Waals surface area (Å²) in [5.41, 5.74) is 0.705. The number of rotatable bonds is 3. The predicted molar refractivity (Wildman–Crippen MR) is 66.2 cm³/mol. The fourth-order valence-electron chi connectivity index (χ4n) is 1.96. The van der Waals surface area contributed by atoms with Gasteiger partial charge in [0.1, 0.15) is 0 Å². The van der Waals surface area contributed by atoms with E-state index in [1.807, 2.05) is 0 Å². The van der Waals surface area contributed by atoms with Gasteiger partial charge in [0, 0.05) is 30.6 Å². The third-order valence-corrected chi connectivity index (χ3v) is 2.76. The van der Waals surface area contributed by atoms with Gasteiger partial charge in [0.2, 0.25) is 5.91 Å². The van der Waals surface area contributed by atoms with Gasteiger partial charge in [-0.25, -0.2) is 0 Å². The second-order valence-electron chi connectivity index (χ2n) is 4.07. The van der Waals surface area contributed by atoms with Gasteiger partial charge in [-0.3, -0.25) is 24.3 Å². The first kappa shape index (κ1) is 12.7. The molecule has 0 radical (unpaired) electrons. The Labute approximate surface area is 107 Å². The summed E-state index contributed by atoms with van der Waals surface area (Å²) in [5, 5.41) is 20.0. The number of carboxylic acid groups (broad SMARTS) is 1. The lowest BCUT2D eigenvalue weighted by Gasteiger charge is -1.98. The summed E-state index contributed by atoms with van der Waals surface area (Å²) in [6.07, 6.45) is 1.11. The molecule has 0 aliphatic rings. The summed E-state index contributed by atoms with van der Waals surface area (Å²) in [6, 6.07) is 4.01. The molecule has 0 unspecified atom stereocenters. The lowest BCUT2D eigenvalue weighted by molar-refractivity contribution is -0.384. The van der Waals surface area contributed by atoms with E-state index in [2.05, 4.69) is 0 Å². The number of nitro groups is 1. The van der Waals surface area contributed by atoms with Gasteiger partial charge in [-0.2, -0.15) is 0 Å². The zero-order chi connectivity index (χ0) is 14.2. The molecule has 7 heteroatoms. The van der Waals surface area contributed by atoms with Gasteiger partial charge >= 0.3 is 5.97 Å². The maximum atomic E-state index is 11.5. The number of fused-ring (bicyclic) bond motifs is 1. The van der Waals surface area contributed by atoms with E-state index in [1.165, 1.54) is 35.9 Å². The van der Waals surface area contributed by atoms with Crippen LogP contribution in [-0.2, 0) is 11.2 Å². The number of carbonyl (C=O) groups excluding carboxylic acids is 1. The quantitative estimate of drug-likeness (QED) is 0.671. The average molecular weight is 262 g/mol. The minimum atomic E-state index is -1.06. The standard InChI is InChI=1S/C12H10N2O5/c1-7(15)13-6-8(4-12(16)17)10-5-9(14(18)19)2-3-11(10)13/h2-3,5-6H,4H2,1H3,(H,16,17). The van der Waals surface area contributed by atoms with E-state index < -0.39 is 10.9 Å². The molecule has 0 saturated heterocycles. The lowest BCUT2D eigenvalue weighted by Crippen LogP contribution is -2.03. The van der Waals surface area contributed by atoms with Crippen LogP contribution in [-0.4, -0.2) is 26.5 Å². The Hall–Kier alpha value is -2.70. The average Bonchev–Trinajstić information content (AvgIpc) is 2.67. The Bertz CT molecular complexity index is 701. The fraction of sp³-hybridized carbons (Fsp3) is 0.167. The summed E-state index contributed by atoms with van der Waals surface area (Å²) in [7, 11) is 0. The van der Waals surface area contributed by atoms with Crippen molar-refractivity contribution in [2.24, 2.45) is 0 Å². The van der Waals surface area contributed by atoms with Crippen LogP contribution in [0, 0.1) is 10.1 Å². The van der Waals surface area contributed by atoms with Gasteiger partial charge in [0.25, 0.3) is 5.69 Å². The number of carboxylic acids is 1. The van der Waals surface area contributed by atoms with E-state index in [0.717, 1.165) is 0 Å². The molecule has 2 aromatic rings. The summed E-state index contributed by atoms with van der Waals surface area (Å²) in [5.74, 6) is -1.34. The third kappa shape index (κ3) is 2.30. The van der Waals surface area contributed by atoms with Crippen molar-refractivity contribution in [1.82, 2.24) is 4.57 Å². The maximum absolute atomic E-state index is 11.5. The Kier molecular flexibility index (Phi) is 3.04. The number of benzene rings is 1. The summed E-state index contributed by atoms with van der Waals surface area (Å²) < 4.78 is 1.29. The smallest absolute Gasteiger partial charge is 0.307 e. The number of hydrogen-bond donors (Lipinski definition) is 1. The van der Waals surface area contributed by atoms with Gasteiger partial charge in [0.15, 0.2) is 0 Å². The van der Waals surface area contributed by atoms with E-state index in [0.29, 0.717) is 16.5 Å². The predicted octanol–water partition coefficient (Wildman–Crippen LogP) is 1.84. The zero-order valence-corrected chi connectivity index (χ0v) is 9.99. The van der Waals surface area contributed by atoms with E-state index in [-0.39, 0.29) is 18.0 Å². The van der Waals surface area contributed by atoms with Crippen LogP contribution >= 0.6 is 0 Å². The van der Waals surface area contributed by atoms with E-state index in [1.54, 1.807) is 0 Å². The van der Waals surface area contributed by atoms with Crippen LogP contribution in [0.1, 0.15) is 17.3 Å². The second kappa shape index (κ2) is 4.52. The van der Waals surface area contributed by atoms with Crippen LogP contribution in [0.15, 0.2) is 24.4 Å². The number of aromatic nitrogens is 1. The molecule has 0 amide bonds. The van der Waals surface area contributed by atoms with Crippen molar-refractivity contribution in [2.45, 2.75) is 13.3 Å². The number of carbonyl (C=O) groups is 2. The highest BCUT2D eigenvalue weighted by molar-refractivity contribution is 5.96. The molecule has 0 aliphatic carbocycles. The molecule has 98 valence electrons. The molecule has 1 aromatic carbocycles. The Morgan fingerprint density at radius 3 is 2.63 bits per heavy atom. The second-order valence-corrected chi connectivity index (χ2v) is 4.07. The van der Waals surface area contributed by atoms with Gasteiger partial charge in [-0.05, 0) is 11.6 Å². The Morgan fingerprint density at radius 1 is 1.42 bits per heavy atom. The molecule has 0 bridgehead atoms. The van der Waals surface area contributed by atoms with E-state index in [4.69, 9.17) is 5.11 Å². The lowest BCUT2D eigenvalue weighted by atomic mass is 10.1. The number of non-ortho nitro benzene ring substituents is 1. The first-order valence-corrected chi connectivity index (χ1v) is 5.41. The Morgan fingerprint density at radius 2 is 2.11 bits per heavy atom. The molecule has 1 aromatic heterocycles. The number of hydrogen-bond acceptors (Lipinski definition) is 4. The van der Waals surface area contributed by atoms with E-state index >= 15 is 0 Å². The van der Waals surface area contributed by atoms with Gasteiger partial charge < -0.3 is 5.11 Å². The molecule has 0 atom stereocenters. The largest absolute Gasteiger partial charge is 0.481 e. The first-order valence-electron chi connectivity index (χ1n) is 5.41. The first-order chi connectivity index (χ1) is 8.90.